The number of fused-ring (bicyclic) bond motifs is 3. The lowest BCUT2D eigenvalue weighted by Gasteiger charge is -2.37. The maximum Gasteiger partial charge on any atom is 0.0251 e. The summed E-state index contributed by atoms with van der Waals surface area (Å²) in [4.78, 5) is 2.60. The largest absolute Gasteiger partial charge is 0.292 e. The molecule has 1 aliphatic heterocycles. The maximum atomic E-state index is 3.70. The minimum Gasteiger partial charge on any atom is -0.292 e. The van der Waals surface area contributed by atoms with Crippen molar-refractivity contribution < 1.29 is 0 Å². The third-order valence-corrected chi connectivity index (χ3v) is 5.97. The highest BCUT2D eigenvalue weighted by Crippen LogP contribution is 2.55. The van der Waals surface area contributed by atoms with Gasteiger partial charge in [0.1, 0.15) is 0 Å². The van der Waals surface area contributed by atoms with E-state index >= 15 is 0 Å². The van der Waals surface area contributed by atoms with Crippen LogP contribution in [0.5, 0.6) is 0 Å². The summed E-state index contributed by atoms with van der Waals surface area (Å²) in [5, 5.41) is 0. The van der Waals surface area contributed by atoms with Crippen molar-refractivity contribution in [3.63, 3.8) is 0 Å². The van der Waals surface area contributed by atoms with Gasteiger partial charge in [-0.2, -0.15) is 0 Å². The first kappa shape index (κ1) is 16.1. The first-order chi connectivity index (χ1) is 11.2. The fourth-order valence-corrected chi connectivity index (χ4v) is 4.29. The average Bonchev–Trinajstić information content (AvgIpc) is 3.19. The van der Waals surface area contributed by atoms with Crippen LogP contribution in [0.2, 0.25) is 0 Å². The maximum absolute atomic E-state index is 3.70. The van der Waals surface area contributed by atoms with Gasteiger partial charge in [-0.25, -0.2) is 0 Å². The quantitative estimate of drug-likeness (QED) is 0.740. The SMILES string of the molecule is C[C@H]1[C]2[CH][CH][CH][C]2[C]2[CH][CH][CH][C]2[C@H](C)N1Cc1ccccc1Br. The molecule has 2 aliphatic carbocycles. The lowest BCUT2D eigenvalue weighted by atomic mass is 9.76. The van der Waals surface area contributed by atoms with Gasteiger partial charge in [0.15, 0.2) is 0 Å². The van der Waals surface area contributed by atoms with Gasteiger partial charge in [0.05, 0.1) is 0 Å². The Bertz CT molecular complexity index is 531. The Hall–Kier alpha value is -0.340. The molecular weight excluding hydrogens is 346 g/mol. The van der Waals surface area contributed by atoms with Crippen molar-refractivity contribution in [2.24, 2.45) is 0 Å². The molecule has 4 rings (SSSR count). The summed E-state index contributed by atoms with van der Waals surface area (Å²) in [6.45, 7) is 5.61. The molecule has 1 aromatic carbocycles. The zero-order valence-electron chi connectivity index (χ0n) is 13.5. The van der Waals surface area contributed by atoms with Crippen LogP contribution in [-0.4, -0.2) is 17.0 Å². The highest BCUT2D eigenvalue weighted by Gasteiger charge is 2.51. The third kappa shape index (κ3) is 2.80. The number of hydrogen-bond donors (Lipinski definition) is 0. The van der Waals surface area contributed by atoms with Gasteiger partial charge < -0.3 is 0 Å². The van der Waals surface area contributed by atoms with E-state index in [0.29, 0.717) is 12.1 Å². The lowest BCUT2D eigenvalue weighted by molar-refractivity contribution is 0.172. The summed E-state index contributed by atoms with van der Waals surface area (Å²) in [6.07, 6.45) is 13.5. The second kappa shape index (κ2) is 6.52. The molecule has 0 unspecified atom stereocenters. The molecule has 0 aromatic heterocycles. The third-order valence-electron chi connectivity index (χ3n) is 5.20. The number of nitrogens with zero attached hydrogens (tertiary/aromatic N) is 1. The molecule has 3 fully saturated rings. The van der Waals surface area contributed by atoms with Crippen LogP contribution in [0.1, 0.15) is 19.4 Å². The molecule has 1 saturated heterocycles. The molecule has 1 heterocycles. The van der Waals surface area contributed by atoms with Crippen LogP contribution in [0, 0.1) is 62.2 Å². The van der Waals surface area contributed by atoms with Crippen LogP contribution in [0.25, 0.3) is 0 Å². The minimum absolute atomic E-state index is 0.398. The molecule has 2 heteroatoms. The molecule has 1 aromatic rings. The predicted molar refractivity (Wildman–Crippen MR) is 97.4 cm³/mol. The molecule has 0 amide bonds. The molecule has 10 radical (unpaired) electrons. The van der Waals surface area contributed by atoms with Crippen molar-refractivity contribution in [3.8, 4) is 0 Å². The summed E-state index contributed by atoms with van der Waals surface area (Å²) in [6, 6.07) is 9.34. The number of rotatable bonds is 2. The van der Waals surface area contributed by atoms with Crippen molar-refractivity contribution in [2.45, 2.75) is 32.5 Å². The van der Waals surface area contributed by atoms with E-state index in [1.54, 1.807) is 0 Å². The van der Waals surface area contributed by atoms with E-state index in [0.717, 1.165) is 6.54 Å². The summed E-state index contributed by atoms with van der Waals surface area (Å²) in [7, 11) is 0. The molecule has 1 nitrogen and oxygen atoms in total. The molecule has 116 valence electrons. The Morgan fingerprint density at radius 3 is 2.00 bits per heavy atom. The topological polar surface area (TPSA) is 3.24 Å². The van der Waals surface area contributed by atoms with Crippen LogP contribution in [-0.2, 0) is 6.54 Å². The summed E-state index contributed by atoms with van der Waals surface area (Å²) < 4.78 is 1.19. The second-order valence-corrected chi connectivity index (χ2v) is 7.26. The van der Waals surface area contributed by atoms with Crippen molar-refractivity contribution in [3.05, 3.63) is 96.5 Å². The van der Waals surface area contributed by atoms with Gasteiger partial charge in [-0.1, -0.05) is 34.1 Å². The Morgan fingerprint density at radius 2 is 1.43 bits per heavy atom. The normalized spacial score (nSPS) is 31.3. The van der Waals surface area contributed by atoms with Crippen LogP contribution in [0.15, 0.2) is 28.7 Å². The monoisotopic (exact) mass is 365 g/mol. The molecule has 23 heavy (non-hydrogen) atoms. The highest BCUT2D eigenvalue weighted by atomic mass is 79.9. The van der Waals surface area contributed by atoms with Crippen molar-refractivity contribution >= 4 is 15.9 Å². The molecule has 2 atom stereocenters. The van der Waals surface area contributed by atoms with E-state index in [2.05, 4.69) is 97.5 Å². The Balaban J connectivity index is 1.65. The van der Waals surface area contributed by atoms with E-state index in [4.69, 9.17) is 0 Å². The zero-order chi connectivity index (χ0) is 16.0. The van der Waals surface area contributed by atoms with Gasteiger partial charge in [-0.15, -0.1) is 0 Å². The number of likely N-dealkylation sites (tertiary alicyclic amines) is 1. The van der Waals surface area contributed by atoms with Gasteiger partial charge in [0.2, 0.25) is 0 Å². The molecule has 3 aliphatic rings. The smallest absolute Gasteiger partial charge is 0.0251 e. The fraction of sp³-hybridized carbons (Fsp3) is 0.238. The standard InChI is InChI=1S/C21H20BrN/c1-14-17-8-5-10-19(17)20-11-6-9-18(20)15(2)23(14)13-16-7-3-4-12-21(16)22/h3-12,14-15H,13H2,1-2H3/t14-,15-/m0/s1. The van der Waals surface area contributed by atoms with E-state index in [9.17, 15) is 0 Å². The van der Waals surface area contributed by atoms with E-state index in [1.165, 1.54) is 33.7 Å². The molecule has 0 N–H and O–H groups in total. The first-order valence-corrected chi connectivity index (χ1v) is 8.97. The highest BCUT2D eigenvalue weighted by molar-refractivity contribution is 9.10. The zero-order valence-corrected chi connectivity index (χ0v) is 15.0. The van der Waals surface area contributed by atoms with Crippen molar-refractivity contribution in [2.75, 3.05) is 0 Å². The van der Waals surface area contributed by atoms with Gasteiger partial charge in [0, 0.05) is 34.9 Å². The van der Waals surface area contributed by atoms with Crippen LogP contribution in [0.4, 0.5) is 0 Å². The van der Waals surface area contributed by atoms with E-state index in [-0.39, 0.29) is 0 Å². The Kier molecular flexibility index (Phi) is 4.58. The molecule has 2 saturated carbocycles. The van der Waals surface area contributed by atoms with Crippen LogP contribution < -0.4 is 0 Å². The molecule has 0 bridgehead atoms. The summed E-state index contributed by atoms with van der Waals surface area (Å²) in [5.74, 6) is 5.68. The van der Waals surface area contributed by atoms with E-state index in [1.807, 2.05) is 0 Å². The van der Waals surface area contributed by atoms with Gasteiger partial charge >= 0.3 is 0 Å². The van der Waals surface area contributed by atoms with Gasteiger partial charge in [-0.05, 0) is 75.8 Å². The lowest BCUT2D eigenvalue weighted by Crippen LogP contribution is -2.43. The Morgan fingerprint density at radius 1 is 0.870 bits per heavy atom. The number of hydrogen-bond acceptors (Lipinski definition) is 1. The number of halogens is 1. The number of benzene rings is 1. The average molecular weight is 366 g/mol. The second-order valence-electron chi connectivity index (χ2n) is 6.41. The summed E-state index contributed by atoms with van der Waals surface area (Å²) in [5.41, 5.74) is 1.34. The molecular formula is C21H20BrN. The van der Waals surface area contributed by atoms with Crippen LogP contribution >= 0.6 is 15.9 Å². The summed E-state index contributed by atoms with van der Waals surface area (Å²) >= 11 is 3.70. The fourth-order valence-electron chi connectivity index (χ4n) is 3.88. The minimum atomic E-state index is 0.398. The van der Waals surface area contributed by atoms with Crippen LogP contribution in [0.3, 0.4) is 0 Å². The molecule has 0 spiro atoms. The Labute approximate surface area is 150 Å². The van der Waals surface area contributed by atoms with Crippen molar-refractivity contribution in [1.29, 1.82) is 0 Å². The predicted octanol–water partition coefficient (Wildman–Crippen LogP) is 4.59. The van der Waals surface area contributed by atoms with Crippen molar-refractivity contribution in [1.82, 2.24) is 4.90 Å². The first-order valence-electron chi connectivity index (χ1n) is 8.17. The van der Waals surface area contributed by atoms with Gasteiger partial charge in [-0.3, -0.25) is 4.90 Å². The van der Waals surface area contributed by atoms with Gasteiger partial charge in [0.25, 0.3) is 0 Å². The van der Waals surface area contributed by atoms with E-state index < -0.39 is 0 Å².